The first-order chi connectivity index (χ1) is 5.22. The molecule has 2 unspecified atom stereocenters. The fraction of sp³-hybridized carbons (Fsp3) is 0.625. The number of hydrogen-bond acceptors (Lipinski definition) is 2. The summed E-state index contributed by atoms with van der Waals surface area (Å²) >= 11 is 0. The molecule has 1 rings (SSSR count). The van der Waals surface area contributed by atoms with Crippen LogP contribution in [0.1, 0.15) is 19.3 Å². The van der Waals surface area contributed by atoms with Gasteiger partial charge in [-0.2, -0.15) is 0 Å². The number of nitrogens with two attached hydrogens (primary N) is 1. The van der Waals surface area contributed by atoms with E-state index in [1.165, 1.54) is 0 Å². The molecule has 62 valence electrons. The highest BCUT2D eigenvalue weighted by molar-refractivity contribution is 5.73. The second-order valence-electron chi connectivity index (χ2n) is 2.91. The highest BCUT2D eigenvalue weighted by atomic mass is 16.4. The van der Waals surface area contributed by atoms with Crippen LogP contribution in [0, 0.1) is 5.92 Å². The van der Waals surface area contributed by atoms with Gasteiger partial charge in [-0.1, -0.05) is 12.2 Å². The summed E-state index contributed by atoms with van der Waals surface area (Å²) in [5, 5.41) is 8.59. The predicted octanol–water partition coefficient (Wildman–Crippen LogP) is 0.755. The molecule has 0 fully saturated rings. The Hall–Kier alpha value is -0.830. The van der Waals surface area contributed by atoms with Crippen LogP contribution in [-0.2, 0) is 4.79 Å². The van der Waals surface area contributed by atoms with Gasteiger partial charge in [-0.05, 0) is 25.2 Å². The lowest BCUT2D eigenvalue weighted by molar-refractivity contribution is -0.139. The molecule has 0 radical (unpaired) electrons. The summed E-state index contributed by atoms with van der Waals surface area (Å²) in [5.41, 5.74) is 5.46. The molecule has 0 aromatic heterocycles. The summed E-state index contributed by atoms with van der Waals surface area (Å²) in [6, 6.07) is -0.681. The highest BCUT2D eigenvalue weighted by Gasteiger charge is 2.23. The largest absolute Gasteiger partial charge is 0.480 e. The van der Waals surface area contributed by atoms with Crippen molar-refractivity contribution in [2.75, 3.05) is 0 Å². The lowest BCUT2D eigenvalue weighted by atomic mass is 9.88. The minimum absolute atomic E-state index is 0.137. The van der Waals surface area contributed by atoms with Gasteiger partial charge in [0.1, 0.15) is 6.04 Å². The molecule has 2 atom stereocenters. The molecule has 0 heterocycles. The van der Waals surface area contributed by atoms with Crippen molar-refractivity contribution in [1.29, 1.82) is 0 Å². The lowest BCUT2D eigenvalue weighted by Crippen LogP contribution is -2.38. The number of allylic oxidation sites excluding steroid dienone is 2. The van der Waals surface area contributed by atoms with Crippen LogP contribution in [0.5, 0.6) is 0 Å². The smallest absolute Gasteiger partial charge is 0.320 e. The molecule has 11 heavy (non-hydrogen) atoms. The quantitative estimate of drug-likeness (QED) is 0.578. The Morgan fingerprint density at radius 3 is 2.82 bits per heavy atom. The molecule has 1 aliphatic rings. The topological polar surface area (TPSA) is 63.3 Å². The number of hydrogen-bond donors (Lipinski definition) is 2. The fourth-order valence-electron chi connectivity index (χ4n) is 1.34. The van der Waals surface area contributed by atoms with Crippen LogP contribution in [0.4, 0.5) is 0 Å². The Labute approximate surface area is 65.9 Å². The van der Waals surface area contributed by atoms with Crippen molar-refractivity contribution in [3.05, 3.63) is 12.2 Å². The maximum Gasteiger partial charge on any atom is 0.320 e. The van der Waals surface area contributed by atoms with E-state index in [1.54, 1.807) is 0 Å². The summed E-state index contributed by atoms with van der Waals surface area (Å²) in [6.45, 7) is 0. The van der Waals surface area contributed by atoms with Crippen LogP contribution in [0.15, 0.2) is 12.2 Å². The predicted molar refractivity (Wildman–Crippen MR) is 42.1 cm³/mol. The Bertz CT molecular complexity index is 177. The van der Waals surface area contributed by atoms with Crippen molar-refractivity contribution in [3.63, 3.8) is 0 Å². The van der Waals surface area contributed by atoms with E-state index < -0.39 is 12.0 Å². The van der Waals surface area contributed by atoms with Gasteiger partial charge >= 0.3 is 5.97 Å². The SMILES string of the molecule is NC(C(=O)O)C1CC=CCC1. The average Bonchev–Trinajstić information content (AvgIpc) is 2.05. The van der Waals surface area contributed by atoms with Crippen molar-refractivity contribution in [1.82, 2.24) is 0 Å². The zero-order valence-corrected chi connectivity index (χ0v) is 6.36. The minimum atomic E-state index is -0.884. The van der Waals surface area contributed by atoms with Crippen LogP contribution in [0.3, 0.4) is 0 Å². The van der Waals surface area contributed by atoms with E-state index in [0.717, 1.165) is 19.3 Å². The first-order valence-electron chi connectivity index (χ1n) is 3.85. The van der Waals surface area contributed by atoms with Crippen LogP contribution >= 0.6 is 0 Å². The standard InChI is InChI=1S/C8H13NO2/c9-7(8(10)11)6-4-2-1-3-5-6/h1-2,6-7H,3-5,9H2,(H,10,11). The monoisotopic (exact) mass is 155 g/mol. The van der Waals surface area contributed by atoms with Gasteiger partial charge in [0.15, 0.2) is 0 Å². The average molecular weight is 155 g/mol. The van der Waals surface area contributed by atoms with E-state index in [0.29, 0.717) is 0 Å². The number of carboxylic acids is 1. The maximum atomic E-state index is 10.4. The molecule has 3 heteroatoms. The van der Waals surface area contributed by atoms with Crippen molar-refractivity contribution in [2.24, 2.45) is 11.7 Å². The van der Waals surface area contributed by atoms with E-state index in [1.807, 2.05) is 6.08 Å². The van der Waals surface area contributed by atoms with Gasteiger partial charge in [-0.15, -0.1) is 0 Å². The third-order valence-corrected chi connectivity index (χ3v) is 2.10. The summed E-state index contributed by atoms with van der Waals surface area (Å²) in [7, 11) is 0. The summed E-state index contributed by atoms with van der Waals surface area (Å²) in [6.07, 6.45) is 6.77. The second kappa shape index (κ2) is 3.53. The van der Waals surface area contributed by atoms with E-state index in [-0.39, 0.29) is 5.92 Å². The molecule has 0 spiro atoms. The zero-order valence-electron chi connectivity index (χ0n) is 6.36. The van der Waals surface area contributed by atoms with Crippen molar-refractivity contribution >= 4 is 5.97 Å². The van der Waals surface area contributed by atoms with Crippen molar-refractivity contribution in [3.8, 4) is 0 Å². The van der Waals surface area contributed by atoms with Gasteiger partial charge in [0.05, 0.1) is 0 Å². The van der Waals surface area contributed by atoms with E-state index >= 15 is 0 Å². The van der Waals surface area contributed by atoms with Crippen LogP contribution < -0.4 is 5.73 Å². The van der Waals surface area contributed by atoms with Crippen molar-refractivity contribution in [2.45, 2.75) is 25.3 Å². The van der Waals surface area contributed by atoms with Gasteiger partial charge in [0.2, 0.25) is 0 Å². The first kappa shape index (κ1) is 8.27. The molecular weight excluding hydrogens is 142 g/mol. The number of carbonyl (C=O) groups is 1. The van der Waals surface area contributed by atoms with E-state index in [2.05, 4.69) is 6.08 Å². The van der Waals surface area contributed by atoms with E-state index in [4.69, 9.17) is 10.8 Å². The lowest BCUT2D eigenvalue weighted by Gasteiger charge is -2.20. The minimum Gasteiger partial charge on any atom is -0.480 e. The third kappa shape index (κ3) is 2.05. The molecule has 3 nitrogen and oxygen atoms in total. The van der Waals surface area contributed by atoms with Gasteiger partial charge in [0, 0.05) is 0 Å². The summed E-state index contributed by atoms with van der Waals surface area (Å²) in [4.78, 5) is 10.4. The first-order valence-corrected chi connectivity index (χ1v) is 3.85. The summed E-state index contributed by atoms with van der Waals surface area (Å²) in [5.74, 6) is -0.747. The van der Waals surface area contributed by atoms with Crippen LogP contribution in [0.2, 0.25) is 0 Å². The van der Waals surface area contributed by atoms with Crippen LogP contribution in [-0.4, -0.2) is 17.1 Å². The zero-order chi connectivity index (χ0) is 8.27. The van der Waals surface area contributed by atoms with Crippen LogP contribution in [0.25, 0.3) is 0 Å². The Balaban J connectivity index is 2.46. The molecule has 1 aliphatic carbocycles. The molecule has 0 saturated heterocycles. The van der Waals surface area contributed by atoms with Gasteiger partial charge < -0.3 is 10.8 Å². The summed E-state index contributed by atoms with van der Waals surface area (Å²) < 4.78 is 0. The van der Waals surface area contributed by atoms with E-state index in [9.17, 15) is 4.79 Å². The fourth-order valence-corrected chi connectivity index (χ4v) is 1.34. The Morgan fingerprint density at radius 1 is 1.64 bits per heavy atom. The maximum absolute atomic E-state index is 10.4. The molecule has 0 amide bonds. The normalized spacial score (nSPS) is 26.5. The van der Waals surface area contributed by atoms with Gasteiger partial charge in [-0.25, -0.2) is 0 Å². The molecule has 0 aromatic rings. The highest BCUT2D eigenvalue weighted by Crippen LogP contribution is 2.20. The molecule has 0 aromatic carbocycles. The number of carboxylic acid groups (broad SMARTS) is 1. The molecule has 0 bridgehead atoms. The second-order valence-corrected chi connectivity index (χ2v) is 2.91. The molecule has 0 saturated carbocycles. The van der Waals surface area contributed by atoms with Gasteiger partial charge in [0.25, 0.3) is 0 Å². The van der Waals surface area contributed by atoms with Crippen molar-refractivity contribution < 1.29 is 9.90 Å². The molecular formula is C8H13NO2. The Kier molecular flexibility index (Phi) is 2.65. The molecule has 3 N–H and O–H groups in total. The Morgan fingerprint density at radius 2 is 2.36 bits per heavy atom. The number of rotatable bonds is 2. The number of aliphatic carboxylic acids is 1. The molecule has 0 aliphatic heterocycles. The third-order valence-electron chi connectivity index (χ3n) is 2.10. The van der Waals surface area contributed by atoms with Gasteiger partial charge in [-0.3, -0.25) is 4.79 Å².